The van der Waals surface area contributed by atoms with Crippen LogP contribution in [0.1, 0.15) is 26.2 Å². The van der Waals surface area contributed by atoms with E-state index in [2.05, 4.69) is 20.0 Å². The highest BCUT2D eigenvalue weighted by Gasteiger charge is 2.21. The Morgan fingerprint density at radius 3 is 2.65 bits per heavy atom. The Morgan fingerprint density at radius 2 is 1.90 bits per heavy atom. The van der Waals surface area contributed by atoms with Gasteiger partial charge in [0.1, 0.15) is 11.4 Å². The first-order valence-corrected chi connectivity index (χ1v) is 10.5. The molecule has 0 radical (unpaired) electrons. The molecule has 1 fully saturated rings. The highest BCUT2D eigenvalue weighted by molar-refractivity contribution is 5.86. The summed E-state index contributed by atoms with van der Waals surface area (Å²) in [5.41, 5.74) is 1.92. The second-order valence-corrected chi connectivity index (χ2v) is 7.69. The SMILES string of the molecule is CCn1cc(-c2nc(-c3ccncc3)no2)c(=O)c2cc(F)c(N3CCCCC3)cc21. The molecule has 31 heavy (non-hydrogen) atoms. The summed E-state index contributed by atoms with van der Waals surface area (Å²) in [6.45, 7) is 4.25. The zero-order chi connectivity index (χ0) is 21.4. The van der Waals surface area contributed by atoms with Crippen LogP contribution < -0.4 is 10.3 Å². The average Bonchev–Trinajstić information content (AvgIpc) is 3.30. The fourth-order valence-electron chi connectivity index (χ4n) is 4.14. The Balaban J connectivity index is 1.63. The van der Waals surface area contributed by atoms with E-state index in [-0.39, 0.29) is 22.7 Å². The molecule has 7 nitrogen and oxygen atoms in total. The lowest BCUT2D eigenvalue weighted by molar-refractivity contribution is 0.431. The standard InChI is InChI=1S/C23H22FN5O2/c1-2-28-14-17(23-26-22(27-31-23)15-6-8-25-9-7-15)21(30)16-12-18(24)20(13-19(16)28)29-10-4-3-5-11-29/h6-9,12-14H,2-5,10-11H2,1H3. The van der Waals surface area contributed by atoms with Crippen molar-refractivity contribution in [3.05, 3.63) is 58.9 Å². The van der Waals surface area contributed by atoms with Gasteiger partial charge in [-0.3, -0.25) is 9.78 Å². The van der Waals surface area contributed by atoms with Crippen molar-refractivity contribution < 1.29 is 8.91 Å². The molecule has 8 heteroatoms. The molecule has 0 amide bonds. The molecule has 1 saturated heterocycles. The van der Waals surface area contributed by atoms with Gasteiger partial charge in [0.15, 0.2) is 0 Å². The maximum atomic E-state index is 15.0. The van der Waals surface area contributed by atoms with Gasteiger partial charge in [0.05, 0.1) is 11.2 Å². The van der Waals surface area contributed by atoms with Gasteiger partial charge in [-0.1, -0.05) is 5.16 Å². The summed E-state index contributed by atoms with van der Waals surface area (Å²) in [7, 11) is 0. The van der Waals surface area contributed by atoms with E-state index in [1.165, 1.54) is 12.5 Å². The van der Waals surface area contributed by atoms with Crippen LogP contribution in [0.15, 0.2) is 52.2 Å². The molecule has 0 bridgehead atoms. The number of fused-ring (bicyclic) bond motifs is 1. The van der Waals surface area contributed by atoms with Crippen molar-refractivity contribution in [2.75, 3.05) is 18.0 Å². The molecule has 4 aromatic rings. The van der Waals surface area contributed by atoms with Gasteiger partial charge in [-0.15, -0.1) is 0 Å². The van der Waals surface area contributed by atoms with E-state index in [0.717, 1.165) is 31.5 Å². The van der Waals surface area contributed by atoms with Crippen LogP contribution in [0, 0.1) is 5.82 Å². The van der Waals surface area contributed by atoms with Gasteiger partial charge in [-0.2, -0.15) is 4.98 Å². The maximum absolute atomic E-state index is 15.0. The number of rotatable bonds is 4. The minimum absolute atomic E-state index is 0.112. The number of benzene rings is 1. The van der Waals surface area contributed by atoms with Crippen LogP contribution in [-0.4, -0.2) is 32.8 Å². The van der Waals surface area contributed by atoms with Crippen LogP contribution in [0.2, 0.25) is 0 Å². The minimum Gasteiger partial charge on any atom is -0.369 e. The summed E-state index contributed by atoms with van der Waals surface area (Å²) >= 11 is 0. The van der Waals surface area contributed by atoms with Crippen molar-refractivity contribution in [1.82, 2.24) is 19.7 Å². The first-order chi connectivity index (χ1) is 15.2. The third kappa shape index (κ3) is 3.48. The zero-order valence-electron chi connectivity index (χ0n) is 17.2. The zero-order valence-corrected chi connectivity index (χ0v) is 17.2. The number of aromatic nitrogens is 4. The first-order valence-electron chi connectivity index (χ1n) is 10.5. The van der Waals surface area contributed by atoms with Gasteiger partial charge in [-0.05, 0) is 50.5 Å². The normalized spacial score (nSPS) is 14.3. The maximum Gasteiger partial charge on any atom is 0.263 e. The molecular weight excluding hydrogens is 397 g/mol. The quantitative estimate of drug-likeness (QED) is 0.492. The van der Waals surface area contributed by atoms with Gasteiger partial charge in [0.25, 0.3) is 5.89 Å². The Morgan fingerprint density at radius 1 is 1.13 bits per heavy atom. The Kier molecular flexibility index (Phi) is 4.97. The largest absolute Gasteiger partial charge is 0.369 e. The van der Waals surface area contributed by atoms with Crippen molar-refractivity contribution in [1.29, 1.82) is 0 Å². The van der Waals surface area contributed by atoms with Gasteiger partial charge < -0.3 is 14.0 Å². The number of anilines is 1. The van der Waals surface area contributed by atoms with Crippen LogP contribution in [0.25, 0.3) is 33.7 Å². The molecule has 1 aromatic carbocycles. The molecule has 5 rings (SSSR count). The second-order valence-electron chi connectivity index (χ2n) is 7.69. The van der Waals surface area contributed by atoms with E-state index in [1.807, 2.05) is 11.5 Å². The molecule has 3 aromatic heterocycles. The van der Waals surface area contributed by atoms with Gasteiger partial charge >= 0.3 is 0 Å². The molecule has 1 aliphatic heterocycles. The second kappa shape index (κ2) is 7.94. The average molecular weight is 419 g/mol. The molecular formula is C23H22FN5O2. The lowest BCUT2D eigenvalue weighted by atomic mass is 10.1. The molecule has 158 valence electrons. The summed E-state index contributed by atoms with van der Waals surface area (Å²) in [5.74, 6) is 0.0994. The van der Waals surface area contributed by atoms with Crippen LogP contribution in [0.5, 0.6) is 0 Å². The van der Waals surface area contributed by atoms with Crippen molar-refractivity contribution >= 4 is 16.6 Å². The van der Waals surface area contributed by atoms with Gasteiger partial charge in [0, 0.05) is 49.2 Å². The van der Waals surface area contributed by atoms with E-state index >= 15 is 4.39 Å². The third-order valence-electron chi connectivity index (χ3n) is 5.78. The van der Waals surface area contributed by atoms with Gasteiger partial charge in [0.2, 0.25) is 11.3 Å². The number of piperidine rings is 1. The van der Waals surface area contributed by atoms with Gasteiger partial charge in [-0.25, -0.2) is 4.39 Å². The molecule has 0 unspecified atom stereocenters. The number of hydrogen-bond donors (Lipinski definition) is 0. The number of pyridine rings is 2. The van der Waals surface area contributed by atoms with E-state index in [1.54, 1.807) is 36.8 Å². The fourth-order valence-corrected chi connectivity index (χ4v) is 4.14. The van der Waals surface area contributed by atoms with Crippen molar-refractivity contribution in [2.45, 2.75) is 32.7 Å². The Hall–Kier alpha value is -3.55. The Labute approximate surface area is 178 Å². The topological polar surface area (TPSA) is 77.0 Å². The van der Waals surface area contributed by atoms with Crippen LogP contribution in [0.4, 0.5) is 10.1 Å². The third-order valence-corrected chi connectivity index (χ3v) is 5.78. The molecule has 4 heterocycles. The summed E-state index contributed by atoms with van der Waals surface area (Å²) in [4.78, 5) is 23.7. The highest BCUT2D eigenvalue weighted by atomic mass is 19.1. The molecule has 0 atom stereocenters. The lowest BCUT2D eigenvalue weighted by Crippen LogP contribution is -2.30. The monoisotopic (exact) mass is 419 g/mol. The lowest BCUT2D eigenvalue weighted by Gasteiger charge is -2.29. The summed E-state index contributed by atoms with van der Waals surface area (Å²) < 4.78 is 22.3. The van der Waals surface area contributed by atoms with E-state index < -0.39 is 0 Å². The van der Waals surface area contributed by atoms with Crippen LogP contribution in [0.3, 0.4) is 0 Å². The first kappa shape index (κ1) is 19.4. The van der Waals surface area contributed by atoms with Crippen molar-refractivity contribution in [2.24, 2.45) is 0 Å². The van der Waals surface area contributed by atoms with Crippen molar-refractivity contribution in [3.63, 3.8) is 0 Å². The molecule has 0 N–H and O–H groups in total. The van der Waals surface area contributed by atoms with Crippen LogP contribution >= 0.6 is 0 Å². The predicted molar refractivity (Wildman–Crippen MR) is 116 cm³/mol. The molecule has 0 saturated carbocycles. The predicted octanol–water partition coefficient (Wildman–Crippen LogP) is 4.26. The number of hydrogen-bond acceptors (Lipinski definition) is 6. The smallest absolute Gasteiger partial charge is 0.263 e. The summed E-state index contributed by atoms with van der Waals surface area (Å²) in [5, 5.41) is 4.30. The van der Waals surface area contributed by atoms with Crippen LogP contribution in [-0.2, 0) is 6.54 Å². The van der Waals surface area contributed by atoms with E-state index in [9.17, 15) is 4.79 Å². The fraction of sp³-hybridized carbons (Fsp3) is 0.304. The van der Waals surface area contributed by atoms with E-state index in [0.29, 0.717) is 29.0 Å². The minimum atomic E-state index is -0.380. The number of nitrogens with zero attached hydrogens (tertiary/aromatic N) is 5. The number of aryl methyl sites for hydroxylation is 1. The molecule has 0 spiro atoms. The van der Waals surface area contributed by atoms with E-state index in [4.69, 9.17) is 4.52 Å². The Bertz CT molecular complexity index is 1290. The molecule has 0 aliphatic carbocycles. The summed E-state index contributed by atoms with van der Waals surface area (Å²) in [6.07, 6.45) is 8.25. The number of halogens is 1. The highest BCUT2D eigenvalue weighted by Crippen LogP contribution is 2.29. The summed E-state index contributed by atoms with van der Waals surface area (Å²) in [6, 6.07) is 6.66. The molecule has 1 aliphatic rings. The van der Waals surface area contributed by atoms with Crippen molar-refractivity contribution in [3.8, 4) is 22.8 Å².